The number of halogens is 1. The highest BCUT2D eigenvalue weighted by Gasteiger charge is 2.31. The first-order valence-corrected chi connectivity index (χ1v) is 10.4. The van der Waals surface area contributed by atoms with Crippen LogP contribution in [0.4, 0.5) is 11.4 Å². The summed E-state index contributed by atoms with van der Waals surface area (Å²) in [5, 5.41) is 14.6. The number of nitro benzene ring substituents is 1. The number of amides is 1. The van der Waals surface area contributed by atoms with Gasteiger partial charge in [-0.1, -0.05) is 0 Å². The molecule has 0 saturated carbocycles. The smallest absolute Gasteiger partial charge is 0.293 e. The summed E-state index contributed by atoms with van der Waals surface area (Å²) in [5.74, 6) is 0.154. The summed E-state index contributed by atoms with van der Waals surface area (Å²) in [6.45, 7) is 3.52. The second-order valence-electron chi connectivity index (χ2n) is 6.68. The van der Waals surface area contributed by atoms with Gasteiger partial charge in [-0.05, 0) is 25.1 Å². The Balaban J connectivity index is 0.00000261. The van der Waals surface area contributed by atoms with Gasteiger partial charge in [0.25, 0.3) is 5.69 Å². The lowest BCUT2D eigenvalue weighted by molar-refractivity contribution is -0.384. The van der Waals surface area contributed by atoms with Crippen LogP contribution in [0.25, 0.3) is 0 Å². The van der Waals surface area contributed by atoms with Gasteiger partial charge in [0, 0.05) is 45.0 Å². The molecule has 2 aliphatic rings. The van der Waals surface area contributed by atoms with E-state index in [-0.39, 0.29) is 34.8 Å². The second kappa shape index (κ2) is 8.41. The van der Waals surface area contributed by atoms with Gasteiger partial charge in [-0.25, -0.2) is 8.42 Å². The van der Waals surface area contributed by atoms with E-state index in [9.17, 15) is 23.3 Å². The number of nitrogens with one attached hydrogen (secondary N) is 1. The number of carbonyl (C=O) groups excluding carboxylic acids is 1. The van der Waals surface area contributed by atoms with Crippen LogP contribution in [0.15, 0.2) is 23.1 Å². The molecule has 1 N–H and O–H groups in total. The van der Waals surface area contributed by atoms with Crippen LogP contribution in [-0.2, 0) is 14.6 Å². The fraction of sp³-hybridized carbons (Fsp3) is 0.562. The number of piperazine rings is 1. The predicted octanol–water partition coefficient (Wildman–Crippen LogP) is 0.678. The van der Waals surface area contributed by atoms with Crippen LogP contribution in [-0.4, -0.2) is 69.7 Å². The van der Waals surface area contributed by atoms with Gasteiger partial charge in [0.05, 0.1) is 15.7 Å². The molecule has 9 nitrogen and oxygen atoms in total. The zero-order valence-electron chi connectivity index (χ0n) is 15.0. The highest BCUT2D eigenvalue weighted by Crippen LogP contribution is 2.31. The van der Waals surface area contributed by atoms with Gasteiger partial charge in [0.15, 0.2) is 9.84 Å². The molecule has 0 radical (unpaired) electrons. The van der Waals surface area contributed by atoms with E-state index >= 15 is 0 Å². The van der Waals surface area contributed by atoms with Crippen molar-refractivity contribution < 1.29 is 18.1 Å². The Hall–Kier alpha value is -1.91. The minimum atomic E-state index is -3.52. The number of benzene rings is 1. The summed E-state index contributed by atoms with van der Waals surface area (Å²) in [7, 11) is -3.52. The molecule has 0 spiro atoms. The van der Waals surface area contributed by atoms with Gasteiger partial charge in [-0.15, -0.1) is 12.4 Å². The number of nitrogens with zero attached hydrogens (tertiary/aromatic N) is 3. The molecule has 0 bridgehead atoms. The molecule has 2 aliphatic heterocycles. The SMILES string of the molecule is CS(=O)(=O)c1ccc(N2CCN(C(=O)C3CCNC3)CC2)c([N+](=O)[O-])c1.Cl. The molecule has 2 saturated heterocycles. The topological polar surface area (TPSA) is 113 Å². The van der Waals surface area contributed by atoms with Crippen LogP contribution < -0.4 is 10.2 Å². The van der Waals surface area contributed by atoms with Crippen molar-refractivity contribution in [2.75, 3.05) is 50.4 Å². The molecule has 11 heteroatoms. The first kappa shape index (κ1) is 21.4. The highest BCUT2D eigenvalue weighted by atomic mass is 35.5. The molecule has 0 aromatic heterocycles. The summed E-state index contributed by atoms with van der Waals surface area (Å²) in [6.07, 6.45) is 1.87. The molecule has 150 valence electrons. The van der Waals surface area contributed by atoms with Crippen molar-refractivity contribution in [2.24, 2.45) is 5.92 Å². The van der Waals surface area contributed by atoms with Crippen LogP contribution in [0, 0.1) is 16.0 Å². The Kier molecular flexibility index (Phi) is 6.66. The van der Waals surface area contributed by atoms with Gasteiger partial charge < -0.3 is 15.1 Å². The van der Waals surface area contributed by atoms with Crippen molar-refractivity contribution in [3.8, 4) is 0 Å². The van der Waals surface area contributed by atoms with Crippen molar-refractivity contribution in [1.82, 2.24) is 10.2 Å². The van der Waals surface area contributed by atoms with Crippen LogP contribution >= 0.6 is 12.4 Å². The average Bonchev–Trinajstić information content (AvgIpc) is 3.14. The van der Waals surface area contributed by atoms with Crippen molar-refractivity contribution in [3.63, 3.8) is 0 Å². The third-order valence-electron chi connectivity index (χ3n) is 4.91. The molecule has 2 heterocycles. The maximum Gasteiger partial charge on any atom is 0.293 e. The lowest BCUT2D eigenvalue weighted by Gasteiger charge is -2.36. The van der Waals surface area contributed by atoms with E-state index < -0.39 is 14.8 Å². The van der Waals surface area contributed by atoms with E-state index in [0.29, 0.717) is 38.4 Å². The normalized spacial score (nSPS) is 20.3. The molecule has 1 atom stereocenters. The van der Waals surface area contributed by atoms with Gasteiger partial charge in [-0.3, -0.25) is 14.9 Å². The van der Waals surface area contributed by atoms with E-state index in [1.54, 1.807) is 0 Å². The Morgan fingerprint density at radius 1 is 1.26 bits per heavy atom. The quantitative estimate of drug-likeness (QED) is 0.565. The number of hydrogen-bond donors (Lipinski definition) is 1. The largest absolute Gasteiger partial charge is 0.362 e. The van der Waals surface area contributed by atoms with Gasteiger partial charge in [0.1, 0.15) is 5.69 Å². The summed E-state index contributed by atoms with van der Waals surface area (Å²) in [5.41, 5.74) is 0.157. The Labute approximate surface area is 164 Å². The van der Waals surface area contributed by atoms with Crippen LogP contribution in [0.3, 0.4) is 0 Å². The van der Waals surface area contributed by atoms with Gasteiger partial charge in [0.2, 0.25) is 5.91 Å². The van der Waals surface area contributed by atoms with E-state index in [0.717, 1.165) is 25.3 Å². The zero-order valence-corrected chi connectivity index (χ0v) is 16.6. The van der Waals surface area contributed by atoms with Crippen LogP contribution in [0.1, 0.15) is 6.42 Å². The first-order chi connectivity index (χ1) is 12.3. The molecule has 0 aliphatic carbocycles. The number of hydrogen-bond acceptors (Lipinski definition) is 7. The minimum absolute atomic E-state index is 0. The molecule has 2 fully saturated rings. The zero-order chi connectivity index (χ0) is 18.9. The number of anilines is 1. The number of carbonyl (C=O) groups is 1. The molecule has 3 rings (SSSR count). The third kappa shape index (κ3) is 4.69. The predicted molar refractivity (Wildman–Crippen MR) is 103 cm³/mol. The Morgan fingerprint density at radius 3 is 2.44 bits per heavy atom. The molecule has 1 aromatic rings. The first-order valence-electron chi connectivity index (χ1n) is 8.50. The fourth-order valence-corrected chi connectivity index (χ4v) is 4.08. The monoisotopic (exact) mass is 418 g/mol. The molecular formula is C16H23ClN4O5S. The van der Waals surface area contributed by atoms with Gasteiger partial charge >= 0.3 is 0 Å². The van der Waals surface area contributed by atoms with Gasteiger partial charge in [-0.2, -0.15) is 0 Å². The minimum Gasteiger partial charge on any atom is -0.362 e. The lowest BCUT2D eigenvalue weighted by atomic mass is 10.1. The average molecular weight is 419 g/mol. The maximum atomic E-state index is 12.5. The summed E-state index contributed by atoms with van der Waals surface area (Å²) < 4.78 is 23.3. The summed E-state index contributed by atoms with van der Waals surface area (Å²) in [4.78, 5) is 26.9. The highest BCUT2D eigenvalue weighted by molar-refractivity contribution is 7.90. The molecule has 1 aromatic carbocycles. The number of nitro groups is 1. The second-order valence-corrected chi connectivity index (χ2v) is 8.70. The van der Waals surface area contributed by atoms with E-state index in [1.165, 1.54) is 12.1 Å². The van der Waals surface area contributed by atoms with Crippen molar-refractivity contribution in [1.29, 1.82) is 0 Å². The van der Waals surface area contributed by atoms with Crippen molar-refractivity contribution >= 4 is 39.5 Å². The molecule has 1 unspecified atom stereocenters. The van der Waals surface area contributed by atoms with E-state index in [4.69, 9.17) is 0 Å². The third-order valence-corrected chi connectivity index (χ3v) is 6.02. The van der Waals surface area contributed by atoms with Crippen molar-refractivity contribution in [2.45, 2.75) is 11.3 Å². The maximum absolute atomic E-state index is 12.5. The molecule has 27 heavy (non-hydrogen) atoms. The molecule has 1 amide bonds. The fourth-order valence-electron chi connectivity index (χ4n) is 3.44. The number of sulfone groups is 1. The summed E-state index contributed by atoms with van der Waals surface area (Å²) >= 11 is 0. The summed E-state index contributed by atoms with van der Waals surface area (Å²) in [6, 6.07) is 3.97. The van der Waals surface area contributed by atoms with Crippen LogP contribution in [0.5, 0.6) is 0 Å². The Morgan fingerprint density at radius 2 is 1.93 bits per heavy atom. The van der Waals surface area contributed by atoms with Crippen molar-refractivity contribution in [3.05, 3.63) is 28.3 Å². The lowest BCUT2D eigenvalue weighted by Crippen LogP contribution is -2.50. The van der Waals surface area contributed by atoms with E-state index in [2.05, 4.69) is 5.32 Å². The van der Waals surface area contributed by atoms with E-state index in [1.807, 2.05) is 9.80 Å². The number of rotatable bonds is 4. The Bertz CT molecular complexity index is 818. The molecular weight excluding hydrogens is 396 g/mol. The standard InChI is InChI=1S/C16H22N4O5S.ClH/c1-26(24,25)13-2-3-14(15(10-13)20(22)23)18-6-8-19(9-7-18)16(21)12-4-5-17-11-12;/h2-3,10,12,17H,4-9,11H2,1H3;1H. The van der Waals surface area contributed by atoms with Crippen LogP contribution in [0.2, 0.25) is 0 Å².